The molecule has 19 heavy (non-hydrogen) atoms. The molecule has 0 saturated carbocycles. The maximum atomic E-state index is 12.4. The van der Waals surface area contributed by atoms with Crippen molar-refractivity contribution in [2.45, 2.75) is 24.9 Å². The highest BCUT2D eigenvalue weighted by Gasteiger charge is 2.22. The molecule has 0 bridgehead atoms. The van der Waals surface area contributed by atoms with Crippen LogP contribution in [0.3, 0.4) is 0 Å². The standard InChI is InChI=1S/C13H20N2O3S/c1-3-18-7-6-15(2)19(16,17)13-5-4-11-9-14-10-12(11)8-13/h4-5,8,14H,3,6-7,9-10H2,1-2H3. The largest absolute Gasteiger partial charge is 0.380 e. The minimum Gasteiger partial charge on any atom is -0.380 e. The summed E-state index contributed by atoms with van der Waals surface area (Å²) < 4.78 is 31.3. The molecule has 5 nitrogen and oxygen atoms in total. The lowest BCUT2D eigenvalue weighted by atomic mass is 10.1. The summed E-state index contributed by atoms with van der Waals surface area (Å²) >= 11 is 0. The third kappa shape index (κ3) is 3.14. The lowest BCUT2D eigenvalue weighted by Crippen LogP contribution is -2.30. The van der Waals surface area contributed by atoms with E-state index < -0.39 is 10.0 Å². The highest BCUT2D eigenvalue weighted by atomic mass is 32.2. The summed E-state index contributed by atoms with van der Waals surface area (Å²) in [6.07, 6.45) is 0. The number of likely N-dealkylation sites (N-methyl/N-ethyl adjacent to an activating group) is 1. The van der Waals surface area contributed by atoms with Crippen LogP contribution in [0.25, 0.3) is 0 Å². The van der Waals surface area contributed by atoms with E-state index in [4.69, 9.17) is 4.74 Å². The van der Waals surface area contributed by atoms with Crippen molar-refractivity contribution in [2.24, 2.45) is 0 Å². The first-order chi connectivity index (χ1) is 9.05. The van der Waals surface area contributed by atoms with Crippen LogP contribution in [0.4, 0.5) is 0 Å². The van der Waals surface area contributed by atoms with E-state index in [2.05, 4.69) is 5.32 Å². The Bertz CT molecular complexity index is 543. The zero-order valence-electron chi connectivity index (χ0n) is 11.3. The van der Waals surface area contributed by atoms with E-state index in [-0.39, 0.29) is 0 Å². The molecular formula is C13H20N2O3S. The quantitative estimate of drug-likeness (QED) is 0.790. The first-order valence-corrected chi connectivity index (χ1v) is 7.86. The number of fused-ring (bicyclic) bond motifs is 1. The van der Waals surface area contributed by atoms with Gasteiger partial charge in [0.05, 0.1) is 11.5 Å². The van der Waals surface area contributed by atoms with E-state index in [1.54, 1.807) is 19.2 Å². The average Bonchev–Trinajstić information content (AvgIpc) is 2.85. The van der Waals surface area contributed by atoms with Crippen LogP contribution in [0.2, 0.25) is 0 Å². The normalized spacial score (nSPS) is 14.9. The van der Waals surface area contributed by atoms with Crippen LogP contribution in [0.15, 0.2) is 23.1 Å². The van der Waals surface area contributed by atoms with Crippen molar-refractivity contribution >= 4 is 10.0 Å². The van der Waals surface area contributed by atoms with Gasteiger partial charge in [0.2, 0.25) is 10.0 Å². The van der Waals surface area contributed by atoms with Gasteiger partial charge in [0.15, 0.2) is 0 Å². The maximum Gasteiger partial charge on any atom is 0.242 e. The van der Waals surface area contributed by atoms with Crippen LogP contribution >= 0.6 is 0 Å². The molecule has 1 N–H and O–H groups in total. The molecule has 0 aliphatic carbocycles. The van der Waals surface area contributed by atoms with Gasteiger partial charge in [-0.2, -0.15) is 4.31 Å². The van der Waals surface area contributed by atoms with E-state index in [1.807, 2.05) is 13.0 Å². The zero-order chi connectivity index (χ0) is 13.9. The molecule has 0 unspecified atom stereocenters. The summed E-state index contributed by atoms with van der Waals surface area (Å²) in [5.74, 6) is 0. The molecule has 1 aromatic rings. The van der Waals surface area contributed by atoms with Gasteiger partial charge in [-0.3, -0.25) is 0 Å². The Morgan fingerprint density at radius 3 is 2.79 bits per heavy atom. The van der Waals surface area contributed by atoms with Gasteiger partial charge in [-0.05, 0) is 30.2 Å². The smallest absolute Gasteiger partial charge is 0.242 e. The second-order valence-electron chi connectivity index (χ2n) is 4.56. The second kappa shape index (κ2) is 6.00. The molecule has 2 rings (SSSR count). The van der Waals surface area contributed by atoms with Crippen LogP contribution in [-0.4, -0.2) is 39.5 Å². The monoisotopic (exact) mass is 284 g/mol. The molecule has 6 heteroatoms. The number of benzene rings is 1. The fourth-order valence-corrected chi connectivity index (χ4v) is 3.28. The fraction of sp³-hybridized carbons (Fsp3) is 0.538. The van der Waals surface area contributed by atoms with Gasteiger partial charge >= 0.3 is 0 Å². The van der Waals surface area contributed by atoms with E-state index in [9.17, 15) is 8.42 Å². The molecule has 0 saturated heterocycles. The van der Waals surface area contributed by atoms with E-state index in [1.165, 1.54) is 9.87 Å². The van der Waals surface area contributed by atoms with Gasteiger partial charge < -0.3 is 10.1 Å². The van der Waals surface area contributed by atoms with Crippen molar-refractivity contribution in [2.75, 3.05) is 26.8 Å². The average molecular weight is 284 g/mol. The van der Waals surface area contributed by atoms with Gasteiger partial charge in [0.1, 0.15) is 0 Å². The summed E-state index contributed by atoms with van der Waals surface area (Å²) in [4.78, 5) is 0.356. The molecular weight excluding hydrogens is 264 g/mol. The fourth-order valence-electron chi connectivity index (χ4n) is 2.07. The lowest BCUT2D eigenvalue weighted by molar-refractivity contribution is 0.138. The van der Waals surface area contributed by atoms with Crippen LogP contribution < -0.4 is 5.32 Å². The Balaban J connectivity index is 2.15. The Morgan fingerprint density at radius 2 is 2.05 bits per heavy atom. The van der Waals surface area contributed by atoms with Gasteiger partial charge in [-0.15, -0.1) is 0 Å². The summed E-state index contributed by atoms with van der Waals surface area (Å²) in [6.45, 7) is 4.82. The third-order valence-electron chi connectivity index (χ3n) is 3.27. The van der Waals surface area contributed by atoms with E-state index >= 15 is 0 Å². The Morgan fingerprint density at radius 1 is 1.32 bits per heavy atom. The van der Waals surface area contributed by atoms with Crippen molar-refractivity contribution in [3.63, 3.8) is 0 Å². The van der Waals surface area contributed by atoms with Crippen molar-refractivity contribution in [1.29, 1.82) is 0 Å². The minimum absolute atomic E-state index is 0.356. The lowest BCUT2D eigenvalue weighted by Gasteiger charge is -2.17. The van der Waals surface area contributed by atoms with Crippen LogP contribution in [0.1, 0.15) is 18.1 Å². The predicted octanol–water partition coefficient (Wildman–Crippen LogP) is 0.947. The first-order valence-electron chi connectivity index (χ1n) is 6.42. The number of sulfonamides is 1. The number of rotatable bonds is 6. The second-order valence-corrected chi connectivity index (χ2v) is 6.60. The Hall–Kier alpha value is -0.950. The number of hydrogen-bond acceptors (Lipinski definition) is 4. The van der Waals surface area contributed by atoms with Crippen LogP contribution in [0.5, 0.6) is 0 Å². The molecule has 0 aromatic heterocycles. The number of nitrogens with one attached hydrogen (secondary N) is 1. The predicted molar refractivity (Wildman–Crippen MR) is 73.3 cm³/mol. The highest BCUT2D eigenvalue weighted by Crippen LogP contribution is 2.21. The first kappa shape index (κ1) is 14.5. The molecule has 1 aromatic carbocycles. The minimum atomic E-state index is -3.42. The molecule has 0 fully saturated rings. The molecule has 0 amide bonds. The molecule has 0 radical (unpaired) electrons. The van der Waals surface area contributed by atoms with Gasteiger partial charge in [-0.25, -0.2) is 8.42 Å². The van der Waals surface area contributed by atoms with Gasteiger partial charge in [0, 0.05) is 33.3 Å². The topological polar surface area (TPSA) is 58.6 Å². The third-order valence-corrected chi connectivity index (χ3v) is 5.12. The van der Waals surface area contributed by atoms with Crippen LogP contribution in [-0.2, 0) is 27.8 Å². The SMILES string of the molecule is CCOCCN(C)S(=O)(=O)c1ccc2c(c1)CNC2. The van der Waals surface area contributed by atoms with Crippen molar-refractivity contribution in [3.05, 3.63) is 29.3 Å². The van der Waals surface area contributed by atoms with Crippen molar-refractivity contribution < 1.29 is 13.2 Å². The molecule has 106 valence electrons. The molecule has 0 spiro atoms. The van der Waals surface area contributed by atoms with Crippen molar-refractivity contribution in [3.8, 4) is 0 Å². The van der Waals surface area contributed by atoms with Gasteiger partial charge in [0.25, 0.3) is 0 Å². The number of nitrogens with zero attached hydrogens (tertiary/aromatic N) is 1. The summed E-state index contributed by atoms with van der Waals surface area (Å²) in [7, 11) is -1.83. The summed E-state index contributed by atoms with van der Waals surface area (Å²) in [5, 5.41) is 3.21. The number of ether oxygens (including phenoxy) is 1. The van der Waals surface area contributed by atoms with Gasteiger partial charge in [-0.1, -0.05) is 6.07 Å². The molecule has 1 aliphatic heterocycles. The zero-order valence-corrected chi connectivity index (χ0v) is 12.2. The Kier molecular flexibility index (Phi) is 4.57. The summed E-state index contributed by atoms with van der Waals surface area (Å²) in [6, 6.07) is 5.33. The van der Waals surface area contributed by atoms with Crippen molar-refractivity contribution in [1.82, 2.24) is 9.62 Å². The van der Waals surface area contributed by atoms with E-state index in [0.717, 1.165) is 18.7 Å². The molecule has 1 aliphatic rings. The van der Waals surface area contributed by atoms with E-state index in [0.29, 0.717) is 24.7 Å². The highest BCUT2D eigenvalue weighted by molar-refractivity contribution is 7.89. The molecule has 1 heterocycles. The van der Waals surface area contributed by atoms with Crippen LogP contribution in [0, 0.1) is 0 Å². The Labute approximate surface area is 114 Å². The maximum absolute atomic E-state index is 12.4. The summed E-state index contributed by atoms with van der Waals surface area (Å²) in [5.41, 5.74) is 2.25. The molecule has 0 atom stereocenters. The number of hydrogen-bond donors (Lipinski definition) is 1.